The number of carbonyl (C=O) groups is 1. The third-order valence-electron chi connectivity index (χ3n) is 5.17. The molecular formula is C24H19F3N6O3S. The van der Waals surface area contributed by atoms with E-state index in [1.165, 1.54) is 48.2 Å². The molecule has 1 atom stereocenters. The molecule has 0 aliphatic heterocycles. The summed E-state index contributed by atoms with van der Waals surface area (Å²) in [4.78, 5) is 23.1. The number of rotatable bonds is 8. The maximum absolute atomic E-state index is 13.9. The molecule has 4 aromatic rings. The lowest BCUT2D eigenvalue weighted by molar-refractivity contribution is -0.384. The van der Waals surface area contributed by atoms with Crippen molar-refractivity contribution in [2.24, 2.45) is 0 Å². The lowest BCUT2D eigenvalue weighted by atomic mass is 10.2. The second-order valence-electron chi connectivity index (χ2n) is 7.81. The largest absolute Gasteiger partial charge is 0.328 e. The van der Waals surface area contributed by atoms with E-state index >= 15 is 0 Å². The lowest BCUT2D eigenvalue weighted by Gasteiger charge is -2.17. The van der Waals surface area contributed by atoms with E-state index in [0.717, 1.165) is 17.7 Å². The van der Waals surface area contributed by atoms with Gasteiger partial charge in [0.25, 0.3) is 5.69 Å². The maximum Gasteiger partial charge on any atom is 0.319 e. The molecule has 13 heteroatoms. The van der Waals surface area contributed by atoms with Gasteiger partial charge in [0.15, 0.2) is 11.0 Å². The van der Waals surface area contributed by atoms with Gasteiger partial charge in [-0.2, -0.15) is 0 Å². The van der Waals surface area contributed by atoms with Gasteiger partial charge in [-0.3, -0.25) is 14.7 Å². The summed E-state index contributed by atoms with van der Waals surface area (Å²) in [5.41, 5.74) is 1.02. The Morgan fingerprint density at radius 1 is 1.03 bits per heavy atom. The first kappa shape index (κ1) is 25.7. The van der Waals surface area contributed by atoms with E-state index < -0.39 is 28.6 Å². The highest BCUT2D eigenvalue weighted by atomic mass is 32.2. The maximum atomic E-state index is 13.9. The number of hydrogen-bond acceptors (Lipinski definition) is 6. The van der Waals surface area contributed by atoms with Crippen LogP contribution in [0.15, 0.2) is 71.9 Å². The predicted octanol–water partition coefficient (Wildman–Crippen LogP) is 5.77. The molecule has 9 nitrogen and oxygen atoms in total. The Hall–Kier alpha value is -4.39. The van der Waals surface area contributed by atoms with Crippen LogP contribution in [0.3, 0.4) is 0 Å². The number of hydrogen-bond donors (Lipinski definition) is 2. The molecule has 1 aromatic heterocycles. The first-order chi connectivity index (χ1) is 17.7. The second-order valence-corrected chi connectivity index (χ2v) is 8.75. The first-order valence-corrected chi connectivity index (χ1v) is 11.8. The van der Waals surface area contributed by atoms with Crippen molar-refractivity contribution in [3.8, 4) is 5.69 Å². The fourth-order valence-corrected chi connectivity index (χ4v) is 4.28. The third kappa shape index (κ3) is 6.25. The number of benzene rings is 3. The molecule has 0 saturated heterocycles. The average molecular weight is 529 g/mol. The first-order valence-electron chi connectivity index (χ1n) is 10.8. The standard InChI is InChI=1S/C24H19F3N6O3S/c1-14(28-23(34)29-21-11-6-17(26)12-20(21)27)22-30-31-24(37-13-15-2-4-16(25)5-3-15)32(22)18-7-9-19(10-8-18)33(35)36/h2-12,14H,13H2,1H3,(H2,28,29,34). The van der Waals surface area contributed by atoms with E-state index in [1.807, 2.05) is 0 Å². The predicted molar refractivity (Wildman–Crippen MR) is 131 cm³/mol. The summed E-state index contributed by atoms with van der Waals surface area (Å²) in [6, 6.07) is 12.9. The highest BCUT2D eigenvalue weighted by Gasteiger charge is 2.22. The Kier molecular flexibility index (Phi) is 7.72. The van der Waals surface area contributed by atoms with Crippen LogP contribution in [0.2, 0.25) is 0 Å². The summed E-state index contributed by atoms with van der Waals surface area (Å²) in [6.07, 6.45) is 0. The topological polar surface area (TPSA) is 115 Å². The number of nitrogens with zero attached hydrogens (tertiary/aromatic N) is 4. The van der Waals surface area contributed by atoms with Crippen LogP contribution in [0, 0.1) is 27.6 Å². The molecule has 0 radical (unpaired) electrons. The molecule has 1 unspecified atom stereocenters. The number of anilines is 1. The number of carbonyl (C=O) groups excluding carboxylic acids is 1. The molecule has 1 heterocycles. The minimum absolute atomic E-state index is 0.106. The Morgan fingerprint density at radius 2 is 1.70 bits per heavy atom. The molecule has 0 bridgehead atoms. The molecule has 0 spiro atoms. The van der Waals surface area contributed by atoms with Gasteiger partial charge in [-0.05, 0) is 48.9 Å². The van der Waals surface area contributed by atoms with Gasteiger partial charge in [-0.15, -0.1) is 10.2 Å². The Bertz CT molecular complexity index is 1430. The van der Waals surface area contributed by atoms with E-state index in [0.29, 0.717) is 28.5 Å². The molecule has 0 fully saturated rings. The Morgan fingerprint density at radius 3 is 2.35 bits per heavy atom. The van der Waals surface area contributed by atoms with Crippen LogP contribution in [0.5, 0.6) is 0 Å². The van der Waals surface area contributed by atoms with Gasteiger partial charge < -0.3 is 10.6 Å². The minimum atomic E-state index is -0.934. The number of non-ortho nitro benzene ring substituents is 1. The summed E-state index contributed by atoms with van der Waals surface area (Å²) < 4.78 is 41.9. The summed E-state index contributed by atoms with van der Waals surface area (Å²) in [5.74, 6) is -1.35. The molecule has 37 heavy (non-hydrogen) atoms. The van der Waals surface area contributed by atoms with Crippen LogP contribution in [0.1, 0.15) is 24.4 Å². The molecule has 0 saturated carbocycles. The van der Waals surface area contributed by atoms with Crippen molar-refractivity contribution in [1.29, 1.82) is 0 Å². The fourth-order valence-electron chi connectivity index (χ4n) is 3.36. The van der Waals surface area contributed by atoms with E-state index in [1.54, 1.807) is 23.6 Å². The van der Waals surface area contributed by atoms with Crippen molar-refractivity contribution in [3.05, 3.63) is 106 Å². The highest BCUT2D eigenvalue weighted by Crippen LogP contribution is 2.28. The summed E-state index contributed by atoms with van der Waals surface area (Å²) in [7, 11) is 0. The lowest BCUT2D eigenvalue weighted by Crippen LogP contribution is -2.32. The number of aromatic nitrogens is 3. The third-order valence-corrected chi connectivity index (χ3v) is 6.17. The summed E-state index contributed by atoms with van der Waals surface area (Å²) in [5, 5.41) is 24.9. The molecule has 2 amide bonds. The molecule has 190 valence electrons. The number of thioether (sulfide) groups is 1. The number of urea groups is 1. The van der Waals surface area contributed by atoms with Crippen LogP contribution < -0.4 is 10.6 Å². The minimum Gasteiger partial charge on any atom is -0.328 e. The fraction of sp³-hybridized carbons (Fsp3) is 0.125. The van der Waals surface area contributed by atoms with Gasteiger partial charge in [0.05, 0.1) is 16.7 Å². The van der Waals surface area contributed by atoms with E-state index in [-0.39, 0.29) is 17.2 Å². The van der Waals surface area contributed by atoms with Gasteiger partial charge in [0.2, 0.25) is 0 Å². The molecule has 4 rings (SSSR count). The van der Waals surface area contributed by atoms with Crippen LogP contribution in [-0.4, -0.2) is 25.7 Å². The Balaban J connectivity index is 1.59. The summed E-state index contributed by atoms with van der Waals surface area (Å²) in [6.45, 7) is 1.63. The molecule has 3 aromatic carbocycles. The smallest absolute Gasteiger partial charge is 0.319 e. The van der Waals surface area contributed by atoms with Crippen molar-refractivity contribution in [2.45, 2.75) is 23.9 Å². The number of nitro benzene ring substituents is 1. The zero-order valence-corrected chi connectivity index (χ0v) is 20.0. The van der Waals surface area contributed by atoms with E-state index in [2.05, 4.69) is 20.8 Å². The SMILES string of the molecule is CC(NC(=O)Nc1ccc(F)cc1F)c1nnc(SCc2ccc(F)cc2)n1-c1ccc([N+](=O)[O-])cc1. The van der Waals surface area contributed by atoms with Crippen molar-refractivity contribution in [1.82, 2.24) is 20.1 Å². The molecule has 2 N–H and O–H groups in total. The van der Waals surface area contributed by atoms with Crippen LogP contribution in [0.4, 0.5) is 29.3 Å². The monoisotopic (exact) mass is 528 g/mol. The van der Waals surface area contributed by atoms with Crippen LogP contribution in [-0.2, 0) is 5.75 Å². The number of nitro groups is 1. The second kappa shape index (κ2) is 11.1. The van der Waals surface area contributed by atoms with E-state index in [9.17, 15) is 28.1 Å². The quantitative estimate of drug-likeness (QED) is 0.171. The molecule has 0 aliphatic rings. The highest BCUT2D eigenvalue weighted by molar-refractivity contribution is 7.98. The van der Waals surface area contributed by atoms with Crippen LogP contribution in [0.25, 0.3) is 5.69 Å². The molecule has 0 aliphatic carbocycles. The van der Waals surface area contributed by atoms with E-state index in [4.69, 9.17) is 0 Å². The van der Waals surface area contributed by atoms with Crippen molar-refractivity contribution >= 4 is 29.2 Å². The van der Waals surface area contributed by atoms with Gasteiger partial charge >= 0.3 is 6.03 Å². The molecular weight excluding hydrogens is 509 g/mol. The number of amides is 2. The van der Waals surface area contributed by atoms with Gasteiger partial charge in [0.1, 0.15) is 17.5 Å². The van der Waals surface area contributed by atoms with Gasteiger partial charge in [-0.25, -0.2) is 18.0 Å². The normalized spacial score (nSPS) is 11.7. The Labute approximate surface area is 212 Å². The zero-order valence-electron chi connectivity index (χ0n) is 19.2. The number of halogens is 3. The zero-order chi connectivity index (χ0) is 26.5. The number of nitrogens with one attached hydrogen (secondary N) is 2. The van der Waals surface area contributed by atoms with Crippen molar-refractivity contribution in [2.75, 3.05) is 5.32 Å². The van der Waals surface area contributed by atoms with Crippen molar-refractivity contribution in [3.63, 3.8) is 0 Å². The average Bonchev–Trinajstić information content (AvgIpc) is 3.29. The van der Waals surface area contributed by atoms with Gasteiger partial charge in [-0.1, -0.05) is 23.9 Å². The van der Waals surface area contributed by atoms with Crippen LogP contribution >= 0.6 is 11.8 Å². The van der Waals surface area contributed by atoms with Crippen molar-refractivity contribution < 1.29 is 22.9 Å². The summed E-state index contributed by atoms with van der Waals surface area (Å²) >= 11 is 1.29. The van der Waals surface area contributed by atoms with Gasteiger partial charge in [0, 0.05) is 29.6 Å².